The van der Waals surface area contributed by atoms with Crippen LogP contribution in [0.3, 0.4) is 0 Å². The number of aromatic nitrogens is 2. The van der Waals surface area contributed by atoms with Gasteiger partial charge in [0.1, 0.15) is 10.6 Å². The van der Waals surface area contributed by atoms with Crippen molar-refractivity contribution in [2.75, 3.05) is 13.6 Å². The van der Waals surface area contributed by atoms with Gasteiger partial charge in [-0.15, -0.1) is 0 Å². The predicted octanol–water partition coefficient (Wildman–Crippen LogP) is 5.06. The van der Waals surface area contributed by atoms with E-state index >= 15 is 0 Å². The lowest BCUT2D eigenvalue weighted by Gasteiger charge is -2.21. The highest BCUT2D eigenvalue weighted by molar-refractivity contribution is 7.89. The third-order valence-corrected chi connectivity index (χ3v) is 7.62. The first-order chi connectivity index (χ1) is 18.1. The number of hydrogen-bond acceptors (Lipinski definition) is 7. The van der Waals surface area contributed by atoms with Gasteiger partial charge >= 0.3 is 0 Å². The van der Waals surface area contributed by atoms with Crippen molar-refractivity contribution in [3.8, 4) is 17.3 Å². The molecule has 0 radical (unpaired) electrons. The van der Waals surface area contributed by atoms with Crippen LogP contribution >= 0.6 is 0 Å². The highest BCUT2D eigenvalue weighted by atomic mass is 32.2. The summed E-state index contributed by atoms with van der Waals surface area (Å²) in [4.78, 5) is 25.2. The number of nitro benzene ring substituents is 1. The van der Waals surface area contributed by atoms with E-state index in [2.05, 4.69) is 9.82 Å². The Morgan fingerprint density at radius 3 is 2.41 bits per heavy atom. The number of ether oxygens (including phenoxy) is 1. The number of non-ortho nitro benzene ring substituents is 1. The minimum atomic E-state index is -4.24. The largest absolute Gasteiger partial charge is 0.437 e. The molecule has 0 saturated heterocycles. The zero-order valence-electron chi connectivity index (χ0n) is 23.5. The van der Waals surface area contributed by atoms with E-state index in [4.69, 9.17) is 4.74 Å². The molecule has 12 heteroatoms. The molecule has 0 atom stereocenters. The van der Waals surface area contributed by atoms with Gasteiger partial charge in [0, 0.05) is 36.8 Å². The Bertz CT molecular complexity index is 1520. The average Bonchev–Trinajstić information content (AvgIpc) is 3.14. The van der Waals surface area contributed by atoms with Gasteiger partial charge in [0.05, 0.1) is 10.6 Å². The van der Waals surface area contributed by atoms with Gasteiger partial charge < -0.3 is 9.64 Å². The van der Waals surface area contributed by atoms with Crippen molar-refractivity contribution in [1.29, 1.82) is 0 Å². The summed E-state index contributed by atoms with van der Waals surface area (Å²) in [6, 6.07) is 9.09. The molecule has 0 spiro atoms. The first kappa shape index (κ1) is 29.8. The summed E-state index contributed by atoms with van der Waals surface area (Å²) in [5, 5.41) is 16.1. The van der Waals surface area contributed by atoms with Gasteiger partial charge in [0.2, 0.25) is 15.9 Å². The van der Waals surface area contributed by atoms with Crippen molar-refractivity contribution in [3.63, 3.8) is 0 Å². The van der Waals surface area contributed by atoms with E-state index in [0.717, 1.165) is 23.6 Å². The van der Waals surface area contributed by atoms with Crippen molar-refractivity contribution >= 4 is 21.6 Å². The molecule has 1 aromatic heterocycles. The minimum absolute atomic E-state index is 0.123. The van der Waals surface area contributed by atoms with E-state index in [9.17, 15) is 23.3 Å². The molecule has 3 aromatic rings. The van der Waals surface area contributed by atoms with Gasteiger partial charge in [-0.05, 0) is 71.2 Å². The molecule has 0 bridgehead atoms. The fraction of sp³-hybridized carbons (Fsp3) is 0.407. The van der Waals surface area contributed by atoms with Crippen LogP contribution in [-0.4, -0.2) is 53.1 Å². The van der Waals surface area contributed by atoms with Crippen LogP contribution in [0.1, 0.15) is 61.3 Å². The number of aryl methyl sites for hydroxylation is 2. The first-order valence-corrected chi connectivity index (χ1v) is 14.0. The molecule has 0 aliphatic rings. The molecule has 1 N–H and O–H groups in total. The van der Waals surface area contributed by atoms with Crippen molar-refractivity contribution in [3.05, 3.63) is 68.9 Å². The second kappa shape index (κ2) is 11.1. The van der Waals surface area contributed by atoms with E-state index in [1.807, 2.05) is 39.0 Å². The van der Waals surface area contributed by atoms with E-state index in [-0.39, 0.29) is 23.2 Å². The third kappa shape index (κ3) is 6.63. The smallest absolute Gasteiger partial charge is 0.274 e. The third-order valence-electron chi connectivity index (χ3n) is 5.84. The lowest BCUT2D eigenvalue weighted by atomic mass is 10.1. The van der Waals surface area contributed by atoms with Crippen LogP contribution in [0.15, 0.2) is 41.3 Å². The molecule has 1 amide bonds. The van der Waals surface area contributed by atoms with Gasteiger partial charge in [-0.3, -0.25) is 14.9 Å². The Kier molecular flexibility index (Phi) is 8.51. The fourth-order valence-corrected chi connectivity index (χ4v) is 5.57. The Morgan fingerprint density at radius 1 is 1.15 bits per heavy atom. The Balaban J connectivity index is 2.28. The number of amides is 1. The summed E-state index contributed by atoms with van der Waals surface area (Å²) in [5.41, 5.74) is 1.72. The van der Waals surface area contributed by atoms with Crippen LogP contribution in [0.4, 0.5) is 5.69 Å². The molecule has 11 nitrogen and oxygen atoms in total. The first-order valence-electron chi connectivity index (χ1n) is 12.5. The number of carbonyl (C=O) groups excluding carboxylic acids is 1. The number of benzene rings is 2. The summed E-state index contributed by atoms with van der Waals surface area (Å²) in [6.07, 6.45) is 0.757. The van der Waals surface area contributed by atoms with Crippen LogP contribution in [0, 0.1) is 30.9 Å². The van der Waals surface area contributed by atoms with Gasteiger partial charge in [-0.1, -0.05) is 19.1 Å². The zero-order valence-corrected chi connectivity index (χ0v) is 24.3. The van der Waals surface area contributed by atoms with Crippen LogP contribution in [0.5, 0.6) is 11.6 Å². The molecule has 3 rings (SSSR count). The van der Waals surface area contributed by atoms with E-state index in [1.54, 1.807) is 39.6 Å². The highest BCUT2D eigenvalue weighted by Gasteiger charge is 2.31. The van der Waals surface area contributed by atoms with E-state index in [0.29, 0.717) is 17.8 Å². The quantitative estimate of drug-likeness (QED) is 0.287. The van der Waals surface area contributed by atoms with Crippen molar-refractivity contribution in [2.24, 2.45) is 0 Å². The summed E-state index contributed by atoms with van der Waals surface area (Å²) in [5.74, 6) is -0.333. The minimum Gasteiger partial charge on any atom is -0.437 e. The molecule has 1 heterocycles. The summed E-state index contributed by atoms with van der Waals surface area (Å²) in [7, 11) is -2.56. The average molecular weight is 558 g/mol. The van der Waals surface area contributed by atoms with E-state index < -0.39 is 31.1 Å². The second-order valence-corrected chi connectivity index (χ2v) is 12.2. The van der Waals surface area contributed by atoms with Crippen LogP contribution < -0.4 is 9.46 Å². The second-order valence-electron chi connectivity index (χ2n) is 10.6. The predicted molar refractivity (Wildman–Crippen MR) is 148 cm³/mol. The van der Waals surface area contributed by atoms with Gasteiger partial charge in [-0.2, -0.15) is 9.78 Å². The number of carbonyl (C=O) groups is 1. The summed E-state index contributed by atoms with van der Waals surface area (Å²) >= 11 is 0. The molecular formula is C27H35N5O6S. The number of nitrogens with one attached hydrogen (secondary N) is 1. The van der Waals surface area contributed by atoms with Crippen molar-refractivity contribution in [2.45, 2.75) is 65.3 Å². The monoisotopic (exact) mass is 557 g/mol. The maximum absolute atomic E-state index is 13.4. The van der Waals surface area contributed by atoms with Crippen LogP contribution in [-0.2, 0) is 10.0 Å². The lowest BCUT2D eigenvalue weighted by molar-refractivity contribution is -0.385. The van der Waals surface area contributed by atoms with Gasteiger partial charge in [0.15, 0.2) is 5.69 Å². The number of hydrogen-bond donors (Lipinski definition) is 1. The molecule has 210 valence electrons. The van der Waals surface area contributed by atoms with Gasteiger partial charge in [0.25, 0.3) is 11.6 Å². The number of rotatable bonds is 9. The van der Waals surface area contributed by atoms with Gasteiger partial charge in [-0.25, -0.2) is 13.1 Å². The Labute approximate surface area is 229 Å². The zero-order chi connectivity index (χ0) is 29.3. The standard InChI is InChI=1S/C27H35N5O6S/c1-9-14-30(8)25(33)24-19(4)26(31(28-24)21-15-17(2)10-11-18(21)3)38-22-13-12-20(32(34)35)16-23(22)39(36,37)29-27(5,6)7/h10-13,15-16,29H,9,14H2,1-8H3. The highest BCUT2D eigenvalue weighted by Crippen LogP contribution is 2.37. The number of nitrogens with zero attached hydrogens (tertiary/aromatic N) is 4. The van der Waals surface area contributed by atoms with Crippen LogP contribution in [0.2, 0.25) is 0 Å². The number of sulfonamides is 1. The maximum atomic E-state index is 13.4. The van der Waals surface area contributed by atoms with Crippen molar-refractivity contribution < 1.29 is 22.9 Å². The molecule has 39 heavy (non-hydrogen) atoms. The molecular weight excluding hydrogens is 522 g/mol. The summed E-state index contributed by atoms with van der Waals surface area (Å²) in [6.45, 7) is 12.9. The SMILES string of the molecule is CCCN(C)C(=O)c1nn(-c2cc(C)ccc2C)c(Oc2ccc([N+](=O)[O-])cc2S(=O)(=O)NC(C)(C)C)c1C. The Hall–Kier alpha value is -3.77. The lowest BCUT2D eigenvalue weighted by Crippen LogP contribution is -2.40. The Morgan fingerprint density at radius 2 is 1.82 bits per heavy atom. The molecule has 0 aliphatic carbocycles. The van der Waals surface area contributed by atoms with Crippen LogP contribution in [0.25, 0.3) is 5.69 Å². The molecule has 0 aliphatic heterocycles. The molecule has 0 unspecified atom stereocenters. The topological polar surface area (TPSA) is 137 Å². The summed E-state index contributed by atoms with van der Waals surface area (Å²) < 4.78 is 36.9. The maximum Gasteiger partial charge on any atom is 0.274 e. The number of nitro groups is 1. The van der Waals surface area contributed by atoms with E-state index in [1.165, 1.54) is 16.8 Å². The molecule has 2 aromatic carbocycles. The van der Waals surface area contributed by atoms with Crippen molar-refractivity contribution in [1.82, 2.24) is 19.4 Å². The molecule has 0 saturated carbocycles. The normalized spacial score (nSPS) is 11.9. The fourth-order valence-electron chi connectivity index (χ4n) is 4.00. The molecule has 0 fully saturated rings.